The number of likely N-dealkylation sites (tertiary alicyclic amines) is 2. The lowest BCUT2D eigenvalue weighted by Gasteiger charge is -2.49. The molecule has 0 aliphatic carbocycles. The SMILES string of the molecule is Cc1ccc(C(=O)N2CC(N3CCCCC3C)C2)cc1NC(=O)CCc1ccccc1. The Morgan fingerprint density at radius 3 is 2.58 bits per heavy atom. The lowest BCUT2D eigenvalue weighted by molar-refractivity contribution is -0.116. The van der Waals surface area contributed by atoms with Gasteiger partial charge in [0, 0.05) is 42.8 Å². The summed E-state index contributed by atoms with van der Waals surface area (Å²) in [7, 11) is 0. The Hall–Kier alpha value is -2.66. The van der Waals surface area contributed by atoms with Crippen molar-refractivity contribution in [3.05, 3.63) is 65.2 Å². The minimum atomic E-state index is -0.0281. The molecule has 31 heavy (non-hydrogen) atoms. The van der Waals surface area contributed by atoms with Crippen LogP contribution in [0.5, 0.6) is 0 Å². The van der Waals surface area contributed by atoms with Gasteiger partial charge in [-0.05, 0) is 62.9 Å². The van der Waals surface area contributed by atoms with Crippen LogP contribution in [-0.4, -0.2) is 53.3 Å². The van der Waals surface area contributed by atoms with E-state index in [-0.39, 0.29) is 11.8 Å². The van der Waals surface area contributed by atoms with E-state index >= 15 is 0 Å². The molecule has 0 saturated carbocycles. The lowest BCUT2D eigenvalue weighted by Crippen LogP contribution is -2.63. The first kappa shape index (κ1) is 21.6. The number of benzene rings is 2. The van der Waals surface area contributed by atoms with Crippen molar-refractivity contribution >= 4 is 17.5 Å². The molecule has 1 atom stereocenters. The summed E-state index contributed by atoms with van der Waals surface area (Å²) in [5.41, 5.74) is 3.49. The molecule has 164 valence electrons. The van der Waals surface area contributed by atoms with Crippen LogP contribution >= 0.6 is 0 Å². The minimum Gasteiger partial charge on any atom is -0.335 e. The van der Waals surface area contributed by atoms with Crippen LogP contribution in [0.15, 0.2) is 48.5 Å². The van der Waals surface area contributed by atoms with Crippen LogP contribution in [0.2, 0.25) is 0 Å². The van der Waals surface area contributed by atoms with Gasteiger partial charge in [-0.15, -0.1) is 0 Å². The standard InChI is InChI=1S/C26H33N3O2/c1-19-11-13-22(16-24(19)27-25(30)14-12-21-9-4-3-5-10-21)26(31)28-17-23(18-28)29-15-7-6-8-20(29)2/h3-5,9-11,13,16,20,23H,6-8,12,14-15,17-18H2,1-2H3,(H,27,30). The van der Waals surface area contributed by atoms with Crippen molar-refractivity contribution in [3.8, 4) is 0 Å². The highest BCUT2D eigenvalue weighted by Gasteiger charge is 2.37. The van der Waals surface area contributed by atoms with Crippen molar-refractivity contribution in [1.29, 1.82) is 0 Å². The number of aryl methyl sites for hydroxylation is 2. The first-order valence-electron chi connectivity index (χ1n) is 11.5. The fourth-order valence-corrected chi connectivity index (χ4v) is 4.68. The summed E-state index contributed by atoms with van der Waals surface area (Å²) in [5, 5.41) is 3.00. The number of carbonyl (C=O) groups excluding carboxylic acids is 2. The van der Waals surface area contributed by atoms with E-state index in [1.54, 1.807) is 0 Å². The second-order valence-corrected chi connectivity index (χ2v) is 9.01. The van der Waals surface area contributed by atoms with Crippen LogP contribution in [0.3, 0.4) is 0 Å². The maximum Gasteiger partial charge on any atom is 0.254 e. The van der Waals surface area contributed by atoms with Crippen LogP contribution in [-0.2, 0) is 11.2 Å². The maximum absolute atomic E-state index is 13.0. The Morgan fingerprint density at radius 2 is 1.84 bits per heavy atom. The first-order chi connectivity index (χ1) is 15.0. The molecule has 0 radical (unpaired) electrons. The van der Waals surface area contributed by atoms with E-state index < -0.39 is 0 Å². The molecule has 2 aromatic carbocycles. The summed E-state index contributed by atoms with van der Waals surface area (Å²) < 4.78 is 0. The number of nitrogens with zero attached hydrogens (tertiary/aromatic N) is 2. The summed E-state index contributed by atoms with van der Waals surface area (Å²) in [6.07, 6.45) is 4.96. The number of anilines is 1. The molecule has 4 rings (SSSR count). The molecule has 1 unspecified atom stereocenters. The molecule has 2 fully saturated rings. The van der Waals surface area contributed by atoms with Gasteiger partial charge in [0.15, 0.2) is 0 Å². The van der Waals surface area contributed by atoms with Crippen molar-refractivity contribution < 1.29 is 9.59 Å². The van der Waals surface area contributed by atoms with E-state index in [1.807, 2.05) is 60.4 Å². The molecule has 2 saturated heterocycles. The van der Waals surface area contributed by atoms with Crippen LogP contribution in [0.25, 0.3) is 0 Å². The molecule has 2 heterocycles. The fourth-order valence-electron chi connectivity index (χ4n) is 4.68. The normalized spacial score (nSPS) is 19.7. The van der Waals surface area contributed by atoms with Crippen molar-refractivity contribution in [3.63, 3.8) is 0 Å². The maximum atomic E-state index is 13.0. The number of nitrogens with one attached hydrogen (secondary N) is 1. The average molecular weight is 420 g/mol. The summed E-state index contributed by atoms with van der Waals surface area (Å²) >= 11 is 0. The van der Waals surface area contributed by atoms with Gasteiger partial charge in [-0.25, -0.2) is 0 Å². The number of rotatable bonds is 6. The number of hydrogen-bond donors (Lipinski definition) is 1. The van der Waals surface area contributed by atoms with E-state index in [4.69, 9.17) is 0 Å². The molecule has 5 nitrogen and oxygen atoms in total. The Labute approximate surface area is 185 Å². The Morgan fingerprint density at radius 1 is 1.06 bits per heavy atom. The Balaban J connectivity index is 1.33. The van der Waals surface area contributed by atoms with Gasteiger partial charge in [0.25, 0.3) is 5.91 Å². The van der Waals surface area contributed by atoms with E-state index in [1.165, 1.54) is 19.3 Å². The van der Waals surface area contributed by atoms with E-state index in [9.17, 15) is 9.59 Å². The smallest absolute Gasteiger partial charge is 0.254 e. The predicted octanol–water partition coefficient (Wildman–Crippen LogP) is 4.27. The van der Waals surface area contributed by atoms with Gasteiger partial charge < -0.3 is 10.2 Å². The van der Waals surface area contributed by atoms with Gasteiger partial charge in [0.2, 0.25) is 5.91 Å². The van der Waals surface area contributed by atoms with Gasteiger partial charge >= 0.3 is 0 Å². The molecule has 0 spiro atoms. The first-order valence-corrected chi connectivity index (χ1v) is 11.5. The highest BCUT2D eigenvalue weighted by molar-refractivity contribution is 5.98. The van der Waals surface area contributed by atoms with Crippen molar-refractivity contribution in [2.24, 2.45) is 0 Å². The molecule has 5 heteroatoms. The largest absolute Gasteiger partial charge is 0.335 e. The topological polar surface area (TPSA) is 52.7 Å². The van der Waals surface area contributed by atoms with Crippen LogP contribution < -0.4 is 5.32 Å². The fraction of sp³-hybridized carbons (Fsp3) is 0.462. The summed E-state index contributed by atoms with van der Waals surface area (Å²) in [5.74, 6) is 0.0281. The molecule has 2 aliphatic rings. The van der Waals surface area contributed by atoms with Crippen LogP contribution in [0, 0.1) is 6.92 Å². The predicted molar refractivity (Wildman–Crippen MR) is 124 cm³/mol. The van der Waals surface area contributed by atoms with Crippen molar-refractivity contribution in [2.45, 2.75) is 58.0 Å². The number of carbonyl (C=O) groups is 2. The quantitative estimate of drug-likeness (QED) is 0.761. The van der Waals surface area contributed by atoms with Gasteiger partial charge in [-0.2, -0.15) is 0 Å². The zero-order chi connectivity index (χ0) is 21.8. The van der Waals surface area contributed by atoms with Crippen LogP contribution in [0.1, 0.15) is 54.1 Å². The van der Waals surface area contributed by atoms with Gasteiger partial charge in [0.1, 0.15) is 0 Å². The third-order valence-corrected chi connectivity index (χ3v) is 6.72. The monoisotopic (exact) mass is 419 g/mol. The Bertz CT molecular complexity index is 922. The van der Waals surface area contributed by atoms with Crippen LogP contribution in [0.4, 0.5) is 5.69 Å². The van der Waals surface area contributed by atoms with E-state index in [0.717, 1.165) is 36.4 Å². The minimum absolute atomic E-state index is 0.0281. The average Bonchev–Trinajstić information content (AvgIpc) is 2.75. The number of hydrogen-bond acceptors (Lipinski definition) is 3. The zero-order valence-electron chi connectivity index (χ0n) is 18.6. The molecular formula is C26H33N3O2. The van der Waals surface area contributed by atoms with Crippen molar-refractivity contribution in [1.82, 2.24) is 9.80 Å². The lowest BCUT2D eigenvalue weighted by atomic mass is 9.96. The number of amides is 2. The Kier molecular flexibility index (Phi) is 6.71. The third-order valence-electron chi connectivity index (χ3n) is 6.72. The molecule has 1 N–H and O–H groups in total. The molecule has 2 aliphatic heterocycles. The van der Waals surface area contributed by atoms with Gasteiger partial charge in [0.05, 0.1) is 0 Å². The molecule has 2 amide bonds. The molecule has 0 bridgehead atoms. The number of piperidine rings is 1. The highest BCUT2D eigenvalue weighted by atomic mass is 16.2. The van der Waals surface area contributed by atoms with E-state index in [2.05, 4.69) is 17.1 Å². The second-order valence-electron chi connectivity index (χ2n) is 9.01. The highest BCUT2D eigenvalue weighted by Crippen LogP contribution is 2.26. The molecular weight excluding hydrogens is 386 g/mol. The molecule has 0 aromatic heterocycles. The van der Waals surface area contributed by atoms with Crippen molar-refractivity contribution in [2.75, 3.05) is 25.0 Å². The van der Waals surface area contributed by atoms with E-state index in [0.29, 0.717) is 30.5 Å². The van der Waals surface area contributed by atoms with Gasteiger partial charge in [-0.1, -0.05) is 42.8 Å². The zero-order valence-corrected chi connectivity index (χ0v) is 18.6. The summed E-state index contributed by atoms with van der Waals surface area (Å²) in [6.45, 7) is 7.01. The third kappa shape index (κ3) is 5.16. The molecule has 2 aromatic rings. The summed E-state index contributed by atoms with van der Waals surface area (Å²) in [6, 6.07) is 16.7. The second kappa shape index (κ2) is 9.65. The van der Waals surface area contributed by atoms with Gasteiger partial charge in [-0.3, -0.25) is 14.5 Å². The summed E-state index contributed by atoms with van der Waals surface area (Å²) in [4.78, 5) is 29.9.